The van der Waals surface area contributed by atoms with Crippen molar-refractivity contribution in [3.8, 4) is 11.5 Å². The number of alkyl halides is 3. The number of amides is 1. The fourth-order valence-electron chi connectivity index (χ4n) is 2.99. The fraction of sp³-hybridized carbons (Fsp3) is 0.562. The Labute approximate surface area is 133 Å². The van der Waals surface area contributed by atoms with Crippen LogP contribution in [0.4, 0.5) is 18.9 Å². The lowest BCUT2D eigenvalue weighted by Gasteiger charge is -2.32. The van der Waals surface area contributed by atoms with E-state index in [4.69, 9.17) is 9.47 Å². The van der Waals surface area contributed by atoms with Gasteiger partial charge in [0.05, 0.1) is 20.1 Å². The van der Waals surface area contributed by atoms with E-state index in [0.29, 0.717) is 30.0 Å². The van der Waals surface area contributed by atoms with Crippen molar-refractivity contribution < 1.29 is 27.4 Å². The Morgan fingerprint density at radius 2 is 1.78 bits per heavy atom. The molecule has 0 radical (unpaired) electrons. The molecule has 1 aliphatic rings. The van der Waals surface area contributed by atoms with E-state index in [-0.39, 0.29) is 12.8 Å². The first-order valence-electron chi connectivity index (χ1n) is 7.46. The number of nitrogens with one attached hydrogen (secondary N) is 1. The first kappa shape index (κ1) is 17.4. The van der Waals surface area contributed by atoms with Crippen molar-refractivity contribution in [3.63, 3.8) is 0 Å². The maximum absolute atomic E-state index is 13.1. The smallest absolute Gasteiger partial charge is 0.392 e. The fourth-order valence-corrected chi connectivity index (χ4v) is 2.99. The first-order chi connectivity index (χ1) is 10.9. The molecule has 23 heavy (non-hydrogen) atoms. The van der Waals surface area contributed by atoms with Crippen molar-refractivity contribution in [2.24, 2.45) is 11.8 Å². The Balaban J connectivity index is 2.14. The molecular formula is C16H20F3NO3. The van der Waals surface area contributed by atoms with Crippen LogP contribution in [0.2, 0.25) is 0 Å². The summed E-state index contributed by atoms with van der Waals surface area (Å²) < 4.78 is 49.5. The van der Waals surface area contributed by atoms with E-state index in [9.17, 15) is 18.0 Å². The molecule has 0 heterocycles. The number of hydrogen-bond acceptors (Lipinski definition) is 3. The number of ether oxygens (including phenoxy) is 2. The number of anilines is 1. The summed E-state index contributed by atoms with van der Waals surface area (Å²) in [6, 6.07) is 4.70. The molecule has 1 amide bonds. The zero-order valence-electron chi connectivity index (χ0n) is 13.1. The normalized spacial score (nSPS) is 21.6. The number of benzene rings is 1. The third-order valence-corrected chi connectivity index (χ3v) is 4.17. The highest BCUT2D eigenvalue weighted by Gasteiger charge is 2.48. The van der Waals surface area contributed by atoms with Crippen LogP contribution < -0.4 is 14.8 Å². The molecule has 1 aliphatic carbocycles. The molecule has 0 aromatic heterocycles. The van der Waals surface area contributed by atoms with Crippen LogP contribution in [0.3, 0.4) is 0 Å². The highest BCUT2D eigenvalue weighted by molar-refractivity contribution is 5.93. The lowest BCUT2D eigenvalue weighted by atomic mass is 9.78. The largest absolute Gasteiger partial charge is 0.493 e. The molecule has 0 saturated heterocycles. The molecule has 0 bridgehead atoms. The molecule has 4 nitrogen and oxygen atoms in total. The van der Waals surface area contributed by atoms with Gasteiger partial charge in [-0.3, -0.25) is 4.79 Å². The summed E-state index contributed by atoms with van der Waals surface area (Å²) in [5.74, 6) is -2.33. The topological polar surface area (TPSA) is 47.6 Å². The molecule has 1 saturated carbocycles. The van der Waals surface area contributed by atoms with E-state index >= 15 is 0 Å². The summed E-state index contributed by atoms with van der Waals surface area (Å²) in [4.78, 5) is 12.3. The molecule has 1 aromatic carbocycles. The Morgan fingerprint density at radius 3 is 2.39 bits per heavy atom. The predicted octanol–water partition coefficient (Wildman–Crippen LogP) is 4.01. The van der Waals surface area contributed by atoms with Crippen LogP contribution in [0.15, 0.2) is 18.2 Å². The second kappa shape index (κ2) is 7.10. The summed E-state index contributed by atoms with van der Waals surface area (Å²) >= 11 is 0. The molecule has 2 rings (SSSR count). The van der Waals surface area contributed by atoms with Gasteiger partial charge in [0.1, 0.15) is 0 Å². The monoisotopic (exact) mass is 331 g/mol. The van der Waals surface area contributed by atoms with Crippen LogP contribution in [0.1, 0.15) is 25.7 Å². The third kappa shape index (κ3) is 4.09. The minimum atomic E-state index is -4.35. The summed E-state index contributed by atoms with van der Waals surface area (Å²) in [5.41, 5.74) is 0.388. The number of carbonyl (C=O) groups is 1. The van der Waals surface area contributed by atoms with Crippen LogP contribution in [-0.2, 0) is 4.79 Å². The molecule has 0 unspecified atom stereocenters. The van der Waals surface area contributed by atoms with Gasteiger partial charge in [0.25, 0.3) is 0 Å². The van der Waals surface area contributed by atoms with E-state index in [2.05, 4.69) is 5.32 Å². The van der Waals surface area contributed by atoms with Crippen molar-refractivity contribution in [2.45, 2.75) is 31.9 Å². The third-order valence-electron chi connectivity index (χ3n) is 4.17. The van der Waals surface area contributed by atoms with Gasteiger partial charge in [0.2, 0.25) is 5.91 Å². The minimum Gasteiger partial charge on any atom is -0.493 e. The summed E-state index contributed by atoms with van der Waals surface area (Å²) in [6.07, 6.45) is -2.95. The molecule has 1 aromatic rings. The average molecular weight is 331 g/mol. The van der Waals surface area contributed by atoms with Gasteiger partial charge in [-0.1, -0.05) is 12.8 Å². The average Bonchev–Trinajstić information content (AvgIpc) is 2.53. The molecule has 2 atom stereocenters. The highest BCUT2D eigenvalue weighted by Crippen LogP contribution is 2.42. The van der Waals surface area contributed by atoms with E-state index in [0.717, 1.165) is 0 Å². The predicted molar refractivity (Wildman–Crippen MR) is 79.7 cm³/mol. The Bertz CT molecular complexity index is 560. The van der Waals surface area contributed by atoms with Gasteiger partial charge in [-0.05, 0) is 25.0 Å². The quantitative estimate of drug-likeness (QED) is 0.907. The Kier molecular flexibility index (Phi) is 5.38. The molecule has 1 fully saturated rings. The van der Waals surface area contributed by atoms with E-state index in [1.165, 1.54) is 20.3 Å². The van der Waals surface area contributed by atoms with Crippen molar-refractivity contribution in [1.29, 1.82) is 0 Å². The van der Waals surface area contributed by atoms with Crippen LogP contribution in [0.5, 0.6) is 11.5 Å². The number of hydrogen-bond donors (Lipinski definition) is 1. The standard InChI is InChI=1S/C16H20F3NO3/c1-22-13-8-7-10(9-14(13)23-2)20-15(21)11-5-3-4-6-12(11)16(17,18)19/h7-9,11-12H,3-6H2,1-2H3,(H,20,21)/t11-,12-/m1/s1. The molecule has 7 heteroatoms. The highest BCUT2D eigenvalue weighted by atomic mass is 19.4. The van der Waals surface area contributed by atoms with Gasteiger partial charge < -0.3 is 14.8 Å². The van der Waals surface area contributed by atoms with Gasteiger partial charge in [-0.25, -0.2) is 0 Å². The van der Waals surface area contributed by atoms with E-state index in [1.807, 2.05) is 0 Å². The second-order valence-corrected chi connectivity index (χ2v) is 5.60. The number of rotatable bonds is 4. The van der Waals surface area contributed by atoms with Gasteiger partial charge in [0, 0.05) is 17.7 Å². The molecule has 0 spiro atoms. The van der Waals surface area contributed by atoms with E-state index < -0.39 is 23.9 Å². The first-order valence-corrected chi connectivity index (χ1v) is 7.46. The lowest BCUT2D eigenvalue weighted by molar-refractivity contribution is -0.197. The van der Waals surface area contributed by atoms with Crippen LogP contribution in [-0.4, -0.2) is 26.3 Å². The lowest BCUT2D eigenvalue weighted by Crippen LogP contribution is -2.39. The minimum absolute atomic E-state index is 0.00746. The van der Waals surface area contributed by atoms with Crippen molar-refractivity contribution >= 4 is 11.6 Å². The number of methoxy groups -OCH3 is 2. The summed E-state index contributed by atoms with van der Waals surface area (Å²) in [7, 11) is 2.93. The van der Waals surface area contributed by atoms with Gasteiger partial charge in [0.15, 0.2) is 11.5 Å². The van der Waals surface area contributed by atoms with Crippen molar-refractivity contribution in [3.05, 3.63) is 18.2 Å². The number of halogens is 3. The SMILES string of the molecule is COc1ccc(NC(=O)[C@@H]2CCCC[C@H]2C(F)(F)F)cc1OC. The van der Waals surface area contributed by atoms with Gasteiger partial charge in [-0.2, -0.15) is 13.2 Å². The van der Waals surface area contributed by atoms with Crippen LogP contribution in [0.25, 0.3) is 0 Å². The van der Waals surface area contributed by atoms with Gasteiger partial charge in [-0.15, -0.1) is 0 Å². The summed E-state index contributed by atoms with van der Waals surface area (Å²) in [6.45, 7) is 0. The Hall–Kier alpha value is -1.92. The van der Waals surface area contributed by atoms with Gasteiger partial charge >= 0.3 is 6.18 Å². The molecular weight excluding hydrogens is 311 g/mol. The number of carbonyl (C=O) groups excluding carboxylic acids is 1. The van der Waals surface area contributed by atoms with Crippen LogP contribution in [0, 0.1) is 11.8 Å². The van der Waals surface area contributed by atoms with Crippen molar-refractivity contribution in [2.75, 3.05) is 19.5 Å². The van der Waals surface area contributed by atoms with Crippen LogP contribution >= 0.6 is 0 Å². The molecule has 1 N–H and O–H groups in total. The molecule has 0 aliphatic heterocycles. The van der Waals surface area contributed by atoms with E-state index in [1.54, 1.807) is 12.1 Å². The maximum atomic E-state index is 13.1. The van der Waals surface area contributed by atoms with Crippen molar-refractivity contribution in [1.82, 2.24) is 0 Å². The zero-order chi connectivity index (χ0) is 17.0. The maximum Gasteiger partial charge on any atom is 0.392 e. The summed E-state index contributed by atoms with van der Waals surface area (Å²) in [5, 5.41) is 2.57. The zero-order valence-corrected chi connectivity index (χ0v) is 13.1. The molecule has 128 valence electrons. The second-order valence-electron chi connectivity index (χ2n) is 5.60. The Morgan fingerprint density at radius 1 is 1.13 bits per heavy atom.